The lowest BCUT2D eigenvalue weighted by molar-refractivity contribution is -0.132. The molecule has 1 fully saturated rings. The van der Waals surface area contributed by atoms with Gasteiger partial charge >= 0.3 is 0 Å². The Labute approximate surface area is 162 Å². The number of amides is 1. The predicted molar refractivity (Wildman–Crippen MR) is 100 cm³/mol. The zero-order chi connectivity index (χ0) is 19.3. The minimum atomic E-state index is -0.335. The zero-order valence-electron chi connectivity index (χ0n) is 15.4. The van der Waals surface area contributed by atoms with Crippen LogP contribution in [0.25, 0.3) is 11.5 Å². The Bertz CT molecular complexity index is 945. The molecule has 0 spiro atoms. The van der Waals surface area contributed by atoms with Crippen LogP contribution in [-0.4, -0.2) is 49.1 Å². The van der Waals surface area contributed by atoms with E-state index in [9.17, 15) is 9.18 Å². The van der Waals surface area contributed by atoms with Crippen LogP contribution in [-0.2, 0) is 17.8 Å². The molecule has 4 rings (SSSR count). The molecule has 0 N–H and O–H groups in total. The molecule has 1 aromatic carbocycles. The van der Waals surface area contributed by atoms with Crippen LogP contribution in [0.3, 0.4) is 0 Å². The summed E-state index contributed by atoms with van der Waals surface area (Å²) in [5.41, 5.74) is 1.12. The van der Waals surface area contributed by atoms with E-state index >= 15 is 0 Å². The van der Waals surface area contributed by atoms with Gasteiger partial charge in [-0.25, -0.2) is 4.39 Å². The molecule has 8 heteroatoms. The molecule has 3 heterocycles. The molecule has 0 aliphatic carbocycles. The van der Waals surface area contributed by atoms with E-state index in [0.29, 0.717) is 36.7 Å². The Hall–Kier alpha value is -3.16. The SMILES string of the molecule is O=C(Cc1ccccc1F)N1CCC[C@H](Cn2nnc(-c3ccccn3)n2)C1. The van der Waals surface area contributed by atoms with Gasteiger partial charge in [-0.3, -0.25) is 9.78 Å². The van der Waals surface area contributed by atoms with Crippen LogP contribution in [0.1, 0.15) is 18.4 Å². The predicted octanol–water partition coefficient (Wildman–Crippen LogP) is 2.36. The molecule has 7 nitrogen and oxygen atoms in total. The van der Waals surface area contributed by atoms with Gasteiger partial charge in [0.15, 0.2) is 0 Å². The lowest BCUT2D eigenvalue weighted by Crippen LogP contribution is -2.42. The minimum absolute atomic E-state index is 0.0458. The van der Waals surface area contributed by atoms with Crippen molar-refractivity contribution in [3.8, 4) is 11.5 Å². The number of hydrogen-bond donors (Lipinski definition) is 0. The van der Waals surface area contributed by atoms with Gasteiger partial charge in [0.25, 0.3) is 0 Å². The van der Waals surface area contributed by atoms with Gasteiger partial charge < -0.3 is 4.90 Å². The summed E-state index contributed by atoms with van der Waals surface area (Å²) in [7, 11) is 0. The zero-order valence-corrected chi connectivity index (χ0v) is 15.4. The van der Waals surface area contributed by atoms with Crippen LogP contribution in [0.4, 0.5) is 4.39 Å². The highest BCUT2D eigenvalue weighted by atomic mass is 19.1. The molecule has 0 unspecified atom stereocenters. The third-order valence-corrected chi connectivity index (χ3v) is 4.94. The van der Waals surface area contributed by atoms with Gasteiger partial charge in [0.2, 0.25) is 11.7 Å². The third kappa shape index (κ3) is 4.21. The van der Waals surface area contributed by atoms with E-state index in [1.165, 1.54) is 6.07 Å². The average molecular weight is 380 g/mol. The van der Waals surface area contributed by atoms with Gasteiger partial charge in [-0.05, 0) is 47.7 Å². The van der Waals surface area contributed by atoms with E-state index in [0.717, 1.165) is 12.8 Å². The number of halogens is 1. The second kappa shape index (κ2) is 8.24. The summed E-state index contributed by atoms with van der Waals surface area (Å²) in [6, 6.07) is 12.0. The first-order valence-electron chi connectivity index (χ1n) is 9.39. The molecule has 2 aromatic heterocycles. The van der Waals surface area contributed by atoms with E-state index < -0.39 is 0 Å². The number of aromatic nitrogens is 5. The Morgan fingerprint density at radius 2 is 2.04 bits per heavy atom. The molecule has 0 radical (unpaired) electrons. The van der Waals surface area contributed by atoms with Gasteiger partial charge in [-0.2, -0.15) is 4.80 Å². The summed E-state index contributed by atoms with van der Waals surface area (Å²) in [5, 5.41) is 12.6. The molecule has 3 aromatic rings. The second-order valence-corrected chi connectivity index (χ2v) is 7.00. The summed E-state index contributed by atoms with van der Waals surface area (Å²) in [6.07, 6.45) is 3.68. The van der Waals surface area contributed by atoms with Crippen LogP contribution in [0, 0.1) is 11.7 Å². The van der Waals surface area contributed by atoms with E-state index in [1.54, 1.807) is 29.2 Å². The number of benzene rings is 1. The van der Waals surface area contributed by atoms with Gasteiger partial charge in [0.1, 0.15) is 11.5 Å². The van der Waals surface area contributed by atoms with Crippen molar-refractivity contribution < 1.29 is 9.18 Å². The number of piperidine rings is 1. The molecule has 28 heavy (non-hydrogen) atoms. The lowest BCUT2D eigenvalue weighted by atomic mass is 9.97. The van der Waals surface area contributed by atoms with Gasteiger partial charge in [0, 0.05) is 19.3 Å². The smallest absolute Gasteiger partial charge is 0.227 e. The topological polar surface area (TPSA) is 76.8 Å². The highest BCUT2D eigenvalue weighted by Crippen LogP contribution is 2.20. The summed E-state index contributed by atoms with van der Waals surface area (Å²) in [6.45, 7) is 1.91. The third-order valence-electron chi connectivity index (χ3n) is 4.94. The van der Waals surface area contributed by atoms with Crippen LogP contribution in [0.15, 0.2) is 48.7 Å². The number of rotatable bonds is 5. The van der Waals surface area contributed by atoms with Crippen molar-refractivity contribution in [2.75, 3.05) is 13.1 Å². The second-order valence-electron chi connectivity index (χ2n) is 7.00. The van der Waals surface area contributed by atoms with Gasteiger partial charge in [0.05, 0.1) is 13.0 Å². The molecule has 1 amide bonds. The van der Waals surface area contributed by atoms with Crippen molar-refractivity contribution in [3.05, 3.63) is 60.0 Å². The molecule has 144 valence electrons. The van der Waals surface area contributed by atoms with Crippen molar-refractivity contribution in [1.82, 2.24) is 30.1 Å². The molecule has 0 saturated carbocycles. The highest BCUT2D eigenvalue weighted by Gasteiger charge is 2.25. The largest absolute Gasteiger partial charge is 0.342 e. The van der Waals surface area contributed by atoms with Crippen LogP contribution in [0.2, 0.25) is 0 Å². The number of carbonyl (C=O) groups is 1. The Morgan fingerprint density at radius 1 is 1.18 bits per heavy atom. The van der Waals surface area contributed by atoms with Crippen molar-refractivity contribution in [1.29, 1.82) is 0 Å². The maximum absolute atomic E-state index is 13.8. The van der Waals surface area contributed by atoms with Crippen LogP contribution >= 0.6 is 0 Å². The van der Waals surface area contributed by atoms with Crippen molar-refractivity contribution >= 4 is 5.91 Å². The number of hydrogen-bond acceptors (Lipinski definition) is 5. The van der Waals surface area contributed by atoms with Crippen molar-refractivity contribution in [2.45, 2.75) is 25.8 Å². The standard InChI is InChI=1S/C20H21FN6O/c21-17-8-2-1-7-16(17)12-19(28)26-11-5-6-15(13-26)14-27-24-20(23-25-27)18-9-3-4-10-22-18/h1-4,7-10,15H,5-6,11-14H2/t15-/m0/s1. The Balaban J connectivity index is 1.37. The number of pyridine rings is 1. The fraction of sp³-hybridized carbons (Fsp3) is 0.350. The fourth-order valence-corrected chi connectivity index (χ4v) is 3.51. The Morgan fingerprint density at radius 3 is 2.86 bits per heavy atom. The molecule has 1 atom stereocenters. The summed E-state index contributed by atoms with van der Waals surface area (Å²) >= 11 is 0. The fourth-order valence-electron chi connectivity index (χ4n) is 3.51. The first-order valence-corrected chi connectivity index (χ1v) is 9.39. The summed E-state index contributed by atoms with van der Waals surface area (Å²) < 4.78 is 13.8. The Kier molecular flexibility index (Phi) is 5.36. The van der Waals surface area contributed by atoms with Crippen LogP contribution in [0.5, 0.6) is 0 Å². The normalized spacial score (nSPS) is 16.9. The first-order chi connectivity index (χ1) is 13.7. The molecule has 0 bridgehead atoms. The number of tetrazole rings is 1. The van der Waals surface area contributed by atoms with Crippen molar-refractivity contribution in [2.24, 2.45) is 5.92 Å². The average Bonchev–Trinajstić information content (AvgIpc) is 3.19. The molecular formula is C20H21FN6O. The molecule has 1 saturated heterocycles. The van der Waals surface area contributed by atoms with E-state index in [1.807, 2.05) is 23.1 Å². The number of likely N-dealkylation sites (tertiary alicyclic amines) is 1. The maximum Gasteiger partial charge on any atom is 0.227 e. The summed E-state index contributed by atoms with van der Waals surface area (Å²) in [4.78, 5) is 20.2. The minimum Gasteiger partial charge on any atom is -0.342 e. The maximum atomic E-state index is 13.8. The highest BCUT2D eigenvalue weighted by molar-refractivity contribution is 5.78. The van der Waals surface area contributed by atoms with Gasteiger partial charge in [-0.1, -0.05) is 24.3 Å². The molecule has 1 aliphatic rings. The molecular weight excluding hydrogens is 359 g/mol. The monoisotopic (exact) mass is 380 g/mol. The van der Waals surface area contributed by atoms with Crippen molar-refractivity contribution in [3.63, 3.8) is 0 Å². The quantitative estimate of drug-likeness (QED) is 0.679. The van der Waals surface area contributed by atoms with E-state index in [4.69, 9.17) is 0 Å². The molecule has 1 aliphatic heterocycles. The number of carbonyl (C=O) groups excluding carboxylic acids is 1. The summed E-state index contributed by atoms with van der Waals surface area (Å²) in [5.74, 6) is 0.349. The lowest BCUT2D eigenvalue weighted by Gasteiger charge is -2.32. The van der Waals surface area contributed by atoms with E-state index in [-0.39, 0.29) is 24.1 Å². The first kappa shape index (κ1) is 18.2. The van der Waals surface area contributed by atoms with Gasteiger partial charge in [-0.15, -0.1) is 10.2 Å². The van der Waals surface area contributed by atoms with E-state index in [2.05, 4.69) is 20.4 Å². The van der Waals surface area contributed by atoms with Crippen LogP contribution < -0.4 is 0 Å². The number of nitrogens with zero attached hydrogens (tertiary/aromatic N) is 6.